The maximum Gasteiger partial charge on any atom is 0.436 e. The molecule has 5 heteroatoms. The van der Waals surface area contributed by atoms with Gasteiger partial charge < -0.3 is 4.74 Å². The first-order valence-corrected chi connectivity index (χ1v) is 7.18. The molecule has 0 saturated heterocycles. The highest BCUT2D eigenvalue weighted by molar-refractivity contribution is 8.14. The van der Waals surface area contributed by atoms with E-state index in [1.807, 2.05) is 47.2 Å². The number of thiophene rings is 1. The average Bonchev–Trinajstić information content (AvgIpc) is 2.93. The molecule has 0 saturated carbocycles. The van der Waals surface area contributed by atoms with E-state index in [-0.39, 0.29) is 5.44 Å². The number of amides is 1. The van der Waals surface area contributed by atoms with E-state index in [0.29, 0.717) is 5.04 Å². The summed E-state index contributed by atoms with van der Waals surface area (Å²) in [7, 11) is 0. The largest absolute Gasteiger partial charge is 0.436 e. The van der Waals surface area contributed by atoms with Gasteiger partial charge in [-0.15, -0.1) is 0 Å². The number of rotatable bonds is 2. The zero-order valence-corrected chi connectivity index (χ0v) is 10.9. The topological polar surface area (TPSA) is 38.7 Å². The Kier molecular flexibility index (Phi) is 3.17. The van der Waals surface area contributed by atoms with Crippen LogP contribution in [-0.2, 0) is 4.74 Å². The van der Waals surface area contributed by atoms with Crippen LogP contribution in [0.5, 0.6) is 0 Å². The Balaban J connectivity index is 1.90. The quantitative estimate of drug-likeness (QED) is 0.829. The van der Waals surface area contributed by atoms with E-state index < -0.39 is 6.09 Å². The van der Waals surface area contributed by atoms with Gasteiger partial charge in [-0.3, -0.25) is 0 Å². The molecule has 2 aromatic rings. The molecule has 1 unspecified atom stereocenters. The molecule has 0 N–H and O–H groups in total. The van der Waals surface area contributed by atoms with Crippen LogP contribution in [0.4, 0.5) is 4.79 Å². The number of thioether (sulfide) groups is 1. The van der Waals surface area contributed by atoms with Crippen LogP contribution >= 0.6 is 23.1 Å². The minimum Gasteiger partial charge on any atom is -0.428 e. The highest BCUT2D eigenvalue weighted by Gasteiger charge is 2.26. The first-order chi connectivity index (χ1) is 8.83. The average molecular weight is 275 g/mol. The molecule has 1 aromatic heterocycles. The third-order valence-corrected chi connectivity index (χ3v) is 4.29. The highest BCUT2D eigenvalue weighted by Crippen LogP contribution is 2.37. The van der Waals surface area contributed by atoms with Gasteiger partial charge in [0.2, 0.25) is 0 Å². The zero-order chi connectivity index (χ0) is 12.4. The highest BCUT2D eigenvalue weighted by atomic mass is 32.2. The molecule has 1 aliphatic rings. The minimum absolute atomic E-state index is 0.295. The number of hydrogen-bond acceptors (Lipinski definition) is 4. The van der Waals surface area contributed by atoms with Gasteiger partial charge in [-0.25, -0.2) is 4.79 Å². The third-order valence-electron chi connectivity index (χ3n) is 2.46. The Labute approximate surface area is 113 Å². The molecule has 1 aromatic carbocycles. The molecule has 0 spiro atoms. The van der Waals surface area contributed by atoms with Gasteiger partial charge in [-0.2, -0.15) is 16.3 Å². The second-order valence-corrected chi connectivity index (χ2v) is 5.50. The van der Waals surface area contributed by atoms with Gasteiger partial charge in [0.25, 0.3) is 0 Å². The van der Waals surface area contributed by atoms with Crippen LogP contribution in [0.2, 0.25) is 0 Å². The summed E-state index contributed by atoms with van der Waals surface area (Å²) in [5.41, 5.74) is 1.65. The summed E-state index contributed by atoms with van der Waals surface area (Å²) in [6, 6.07) is 11.6. The number of cyclic esters (lactones) is 1. The molecule has 90 valence electrons. The maximum atomic E-state index is 11.5. The van der Waals surface area contributed by atoms with Crippen LogP contribution in [0.25, 0.3) is 0 Å². The molecule has 3 nitrogen and oxygen atoms in total. The van der Waals surface area contributed by atoms with Crippen molar-refractivity contribution in [1.29, 1.82) is 0 Å². The van der Waals surface area contributed by atoms with Gasteiger partial charge in [-0.05, 0) is 16.8 Å². The third kappa shape index (κ3) is 2.32. The van der Waals surface area contributed by atoms with E-state index in [1.165, 1.54) is 11.8 Å². The molecule has 2 heterocycles. The lowest BCUT2D eigenvalue weighted by Gasteiger charge is -2.20. The van der Waals surface area contributed by atoms with E-state index in [0.717, 1.165) is 11.1 Å². The van der Waals surface area contributed by atoms with Crippen molar-refractivity contribution in [2.75, 3.05) is 0 Å². The molecular formula is C13H9NO2S2. The lowest BCUT2D eigenvalue weighted by atomic mass is 10.2. The lowest BCUT2D eigenvalue weighted by molar-refractivity contribution is 0.146. The summed E-state index contributed by atoms with van der Waals surface area (Å²) in [6.07, 6.45) is -0.524. The minimum atomic E-state index is -0.524. The Hall–Kier alpha value is -1.59. The first-order valence-electron chi connectivity index (χ1n) is 5.36. The van der Waals surface area contributed by atoms with Crippen molar-refractivity contribution in [1.82, 2.24) is 0 Å². The van der Waals surface area contributed by atoms with Crippen LogP contribution in [0.1, 0.15) is 16.6 Å². The number of carbonyl (C=O) groups excluding carboxylic acids is 1. The molecule has 0 radical (unpaired) electrons. The fourth-order valence-electron chi connectivity index (χ4n) is 1.61. The number of carbonyl (C=O) groups is 1. The summed E-state index contributed by atoms with van der Waals surface area (Å²) >= 11 is 3.05. The van der Waals surface area contributed by atoms with Gasteiger partial charge in [0, 0.05) is 11.1 Å². The van der Waals surface area contributed by atoms with E-state index in [1.54, 1.807) is 11.3 Å². The van der Waals surface area contributed by atoms with Crippen LogP contribution in [0, 0.1) is 0 Å². The van der Waals surface area contributed by atoms with Crippen LogP contribution in [0.3, 0.4) is 0 Å². The number of aliphatic imine (C=N–C) groups is 1. The molecule has 3 rings (SSSR count). The molecule has 0 fully saturated rings. The summed E-state index contributed by atoms with van der Waals surface area (Å²) in [4.78, 5) is 15.5. The summed E-state index contributed by atoms with van der Waals surface area (Å²) in [6.45, 7) is 0. The molecule has 1 atom stereocenters. The van der Waals surface area contributed by atoms with Crippen molar-refractivity contribution in [3.05, 3.63) is 58.3 Å². The van der Waals surface area contributed by atoms with Crippen LogP contribution < -0.4 is 0 Å². The molecule has 1 amide bonds. The normalized spacial score (nSPS) is 19.2. The molecule has 0 aliphatic carbocycles. The number of hydrogen-bond donors (Lipinski definition) is 0. The second kappa shape index (κ2) is 4.96. The summed E-state index contributed by atoms with van der Waals surface area (Å²) in [5.74, 6) is 0. The summed E-state index contributed by atoms with van der Waals surface area (Å²) in [5, 5.41) is 4.67. The molecular weight excluding hydrogens is 266 g/mol. The van der Waals surface area contributed by atoms with Crippen LogP contribution in [0.15, 0.2) is 52.2 Å². The van der Waals surface area contributed by atoms with Crippen molar-refractivity contribution < 1.29 is 9.53 Å². The van der Waals surface area contributed by atoms with Gasteiger partial charge in [0.05, 0.1) is 0 Å². The van der Waals surface area contributed by atoms with Gasteiger partial charge >= 0.3 is 6.09 Å². The molecule has 1 aliphatic heterocycles. The van der Waals surface area contributed by atoms with Crippen molar-refractivity contribution in [3.8, 4) is 0 Å². The maximum absolute atomic E-state index is 11.5. The Morgan fingerprint density at radius 2 is 2.00 bits per heavy atom. The van der Waals surface area contributed by atoms with Gasteiger partial charge in [0.1, 0.15) is 5.04 Å². The van der Waals surface area contributed by atoms with E-state index in [9.17, 15) is 4.79 Å². The zero-order valence-electron chi connectivity index (χ0n) is 9.28. The fraction of sp³-hybridized carbons (Fsp3) is 0.0769. The van der Waals surface area contributed by atoms with Crippen molar-refractivity contribution in [2.24, 2.45) is 4.99 Å². The first kappa shape index (κ1) is 11.5. The molecule has 18 heavy (non-hydrogen) atoms. The van der Waals surface area contributed by atoms with E-state index >= 15 is 0 Å². The van der Waals surface area contributed by atoms with Crippen molar-refractivity contribution in [3.63, 3.8) is 0 Å². The van der Waals surface area contributed by atoms with E-state index in [4.69, 9.17) is 4.74 Å². The monoisotopic (exact) mass is 275 g/mol. The number of ether oxygens (including phenoxy) is 1. The van der Waals surface area contributed by atoms with Crippen LogP contribution in [-0.4, -0.2) is 11.1 Å². The number of nitrogens with zero attached hydrogens (tertiary/aromatic N) is 1. The van der Waals surface area contributed by atoms with Gasteiger partial charge in [0.15, 0.2) is 5.44 Å². The van der Waals surface area contributed by atoms with E-state index in [2.05, 4.69) is 4.99 Å². The Morgan fingerprint density at radius 3 is 2.72 bits per heavy atom. The lowest BCUT2D eigenvalue weighted by Crippen LogP contribution is -2.15. The predicted molar refractivity (Wildman–Crippen MR) is 74.1 cm³/mol. The Morgan fingerprint density at radius 1 is 1.17 bits per heavy atom. The molecule has 0 bridgehead atoms. The van der Waals surface area contributed by atoms with Crippen molar-refractivity contribution in [2.45, 2.75) is 5.44 Å². The summed E-state index contributed by atoms with van der Waals surface area (Å²) < 4.78 is 5.23. The van der Waals surface area contributed by atoms with Gasteiger partial charge in [-0.1, -0.05) is 42.1 Å². The predicted octanol–water partition coefficient (Wildman–Crippen LogP) is 4.08. The number of benzene rings is 1. The standard InChI is InChI=1S/C13H9NO2S2/c15-13-14-11(9-4-2-1-3-5-9)18-12(16-13)10-6-7-17-8-10/h1-8,12H. The SMILES string of the molecule is O=C1N=C(c2ccccc2)SC(c2ccsc2)O1. The smallest absolute Gasteiger partial charge is 0.428 e. The Bertz CT molecular complexity index is 578. The second-order valence-electron chi connectivity index (χ2n) is 3.67. The fourth-order valence-corrected chi connectivity index (χ4v) is 3.39. The van der Waals surface area contributed by atoms with Crippen molar-refractivity contribution >= 4 is 34.2 Å².